The molecule has 0 aromatic carbocycles. The van der Waals surface area contributed by atoms with Gasteiger partial charge in [0.25, 0.3) is 0 Å². The molecule has 0 rings (SSSR count). The van der Waals surface area contributed by atoms with Gasteiger partial charge in [0.15, 0.2) is 0 Å². The molecule has 2 N–H and O–H groups in total. The van der Waals surface area contributed by atoms with E-state index < -0.39 is 0 Å². The number of unbranched alkanes of at least 4 members (excludes halogenated alkanes) is 2. The molecule has 27 heavy (non-hydrogen) atoms. The molecule has 0 heterocycles. The van der Waals surface area contributed by atoms with Crippen molar-refractivity contribution in [2.24, 2.45) is 0 Å². The molecule has 0 unspecified atom stereocenters. The van der Waals surface area contributed by atoms with Crippen LogP contribution in [0.15, 0.2) is 23.8 Å². The molecule has 0 aliphatic heterocycles. The molecule has 0 aromatic heterocycles. The van der Waals surface area contributed by atoms with E-state index in [4.69, 9.17) is 0 Å². The molecular weight excluding hydrogens is 375 g/mol. The number of nitrogens with zero attached hydrogens (tertiary/aromatic N) is 2. The summed E-state index contributed by atoms with van der Waals surface area (Å²) in [6.07, 6.45) is 11.7. The largest absolute Gasteiger partial charge is 2.00 e. The minimum Gasteiger partial charge on any atom is -0.385 e. The number of allylic oxidation sites excluding steroid dienone is 2. The molecule has 0 aromatic rings. The summed E-state index contributed by atoms with van der Waals surface area (Å²) >= 11 is 0. The second-order valence-electron chi connectivity index (χ2n) is 8.04. The molecule has 0 saturated carbocycles. The van der Waals surface area contributed by atoms with Crippen LogP contribution in [0.4, 0.5) is 0 Å². The Morgan fingerprint density at radius 1 is 0.704 bits per heavy atom. The van der Waals surface area contributed by atoms with Crippen LogP contribution in [0, 0.1) is 0 Å². The first-order valence-corrected chi connectivity index (χ1v) is 10.4. The van der Waals surface area contributed by atoms with Gasteiger partial charge in [0.1, 0.15) is 0 Å². The summed E-state index contributed by atoms with van der Waals surface area (Å²) in [5.74, 6) is 0. The summed E-state index contributed by atoms with van der Waals surface area (Å²) in [6, 6.07) is 1.06. The SMILES string of the molecule is CCCC/C(=C\N(C)C)NC(C)C.CCCC/C(=C\N(C)C)NC(C)C.[Mn+2]. The Hall–Kier alpha value is -0.801. The van der Waals surface area contributed by atoms with Crippen LogP contribution in [0.1, 0.15) is 80.1 Å². The second-order valence-corrected chi connectivity index (χ2v) is 8.04. The van der Waals surface area contributed by atoms with E-state index in [1.165, 1.54) is 37.1 Å². The third-order valence-corrected chi connectivity index (χ3v) is 3.38. The summed E-state index contributed by atoms with van der Waals surface area (Å²) in [4.78, 5) is 4.20. The fraction of sp³-hybridized carbons (Fsp3) is 0.818. The van der Waals surface area contributed by atoms with Crippen molar-refractivity contribution in [2.45, 2.75) is 92.2 Å². The zero-order valence-corrected chi connectivity index (χ0v) is 21.0. The third kappa shape index (κ3) is 25.2. The van der Waals surface area contributed by atoms with Crippen LogP contribution in [-0.4, -0.2) is 50.1 Å². The fourth-order valence-corrected chi connectivity index (χ4v) is 2.45. The van der Waals surface area contributed by atoms with Gasteiger partial charge in [0.2, 0.25) is 0 Å². The predicted molar refractivity (Wildman–Crippen MR) is 119 cm³/mol. The van der Waals surface area contributed by atoms with Crippen molar-refractivity contribution in [3.8, 4) is 0 Å². The molecule has 161 valence electrons. The molecular formula is C22H48MnN4+2. The Labute approximate surface area is 181 Å². The maximum absolute atomic E-state index is 3.47. The van der Waals surface area contributed by atoms with Gasteiger partial charge >= 0.3 is 17.1 Å². The summed E-state index contributed by atoms with van der Waals surface area (Å²) in [6.45, 7) is 13.2. The standard InChI is InChI=1S/2C11H24N2.Mn/c2*1-6-7-8-11(9-13(4)5)12-10(2)3;/h2*9-10,12H,6-8H2,1-5H3;/q;;+2/b2*11-9+;. The molecule has 1 radical (unpaired) electrons. The van der Waals surface area contributed by atoms with Crippen LogP contribution in [0.3, 0.4) is 0 Å². The molecule has 0 fully saturated rings. The first-order valence-electron chi connectivity index (χ1n) is 10.4. The van der Waals surface area contributed by atoms with Crippen molar-refractivity contribution < 1.29 is 17.1 Å². The van der Waals surface area contributed by atoms with Gasteiger partial charge in [-0.15, -0.1) is 0 Å². The smallest absolute Gasteiger partial charge is 0.385 e. The van der Waals surface area contributed by atoms with E-state index in [1.807, 2.05) is 0 Å². The number of hydrogen-bond acceptors (Lipinski definition) is 4. The number of rotatable bonds is 12. The molecule has 5 heteroatoms. The van der Waals surface area contributed by atoms with Crippen LogP contribution in [0.25, 0.3) is 0 Å². The van der Waals surface area contributed by atoms with Gasteiger partial charge < -0.3 is 20.4 Å². The van der Waals surface area contributed by atoms with Gasteiger partial charge in [-0.3, -0.25) is 0 Å². The van der Waals surface area contributed by atoms with Gasteiger partial charge in [0, 0.05) is 64.1 Å². The minimum atomic E-state index is 0. The second kappa shape index (κ2) is 19.9. The Kier molecular flexibility index (Phi) is 22.8. The maximum atomic E-state index is 3.47. The predicted octanol–water partition coefficient (Wildman–Crippen LogP) is 5.15. The molecule has 4 nitrogen and oxygen atoms in total. The normalized spacial score (nSPS) is 11.6. The van der Waals surface area contributed by atoms with Gasteiger partial charge in [0.05, 0.1) is 0 Å². The summed E-state index contributed by atoms with van der Waals surface area (Å²) in [5.41, 5.74) is 2.70. The van der Waals surface area contributed by atoms with Gasteiger partial charge in [-0.25, -0.2) is 0 Å². The van der Waals surface area contributed by atoms with E-state index in [-0.39, 0.29) is 17.1 Å². The van der Waals surface area contributed by atoms with Crippen LogP contribution in [0.5, 0.6) is 0 Å². The summed E-state index contributed by atoms with van der Waals surface area (Å²) < 4.78 is 0. The van der Waals surface area contributed by atoms with Crippen LogP contribution in [-0.2, 0) is 17.1 Å². The maximum Gasteiger partial charge on any atom is 2.00 e. The van der Waals surface area contributed by atoms with Crippen LogP contribution in [0.2, 0.25) is 0 Å². The number of nitrogens with one attached hydrogen (secondary N) is 2. The van der Waals surface area contributed by atoms with Crippen molar-refractivity contribution in [1.82, 2.24) is 20.4 Å². The van der Waals surface area contributed by atoms with Gasteiger partial charge in [-0.05, 0) is 53.4 Å². The first kappa shape index (κ1) is 30.9. The average molecular weight is 424 g/mol. The molecule has 0 amide bonds. The molecule has 0 saturated heterocycles. The number of hydrogen-bond donors (Lipinski definition) is 2. The van der Waals surface area contributed by atoms with Crippen LogP contribution < -0.4 is 10.6 Å². The van der Waals surface area contributed by atoms with E-state index in [2.05, 4.69) is 103 Å². The Bertz CT molecular complexity index is 339. The van der Waals surface area contributed by atoms with E-state index in [1.54, 1.807) is 0 Å². The van der Waals surface area contributed by atoms with Crippen molar-refractivity contribution in [3.05, 3.63) is 23.8 Å². The Morgan fingerprint density at radius 2 is 1.00 bits per heavy atom. The average Bonchev–Trinajstić information content (AvgIpc) is 2.48. The van der Waals surface area contributed by atoms with Gasteiger partial charge in [-0.2, -0.15) is 0 Å². The molecule has 0 bridgehead atoms. The Balaban J connectivity index is -0.000000411. The topological polar surface area (TPSA) is 30.5 Å². The fourth-order valence-electron chi connectivity index (χ4n) is 2.45. The summed E-state index contributed by atoms with van der Waals surface area (Å²) in [7, 11) is 8.25. The molecule has 0 spiro atoms. The van der Waals surface area contributed by atoms with E-state index >= 15 is 0 Å². The first-order chi connectivity index (χ1) is 12.1. The monoisotopic (exact) mass is 423 g/mol. The zero-order valence-electron chi connectivity index (χ0n) is 19.8. The zero-order chi connectivity index (χ0) is 20.5. The third-order valence-electron chi connectivity index (χ3n) is 3.38. The van der Waals surface area contributed by atoms with Crippen molar-refractivity contribution in [3.63, 3.8) is 0 Å². The molecule has 0 aliphatic carbocycles. The Morgan fingerprint density at radius 3 is 1.19 bits per heavy atom. The minimum absolute atomic E-state index is 0. The quantitative estimate of drug-likeness (QED) is 0.425. The summed E-state index contributed by atoms with van der Waals surface area (Å²) in [5, 5.41) is 6.93. The van der Waals surface area contributed by atoms with Crippen molar-refractivity contribution >= 4 is 0 Å². The van der Waals surface area contributed by atoms with E-state index in [9.17, 15) is 0 Å². The van der Waals surface area contributed by atoms with Crippen molar-refractivity contribution in [2.75, 3.05) is 28.2 Å². The van der Waals surface area contributed by atoms with Crippen molar-refractivity contribution in [1.29, 1.82) is 0 Å². The van der Waals surface area contributed by atoms with E-state index in [0.29, 0.717) is 12.1 Å². The van der Waals surface area contributed by atoms with E-state index in [0.717, 1.165) is 12.8 Å². The van der Waals surface area contributed by atoms with Gasteiger partial charge in [-0.1, -0.05) is 26.7 Å². The molecule has 0 aliphatic rings. The molecule has 0 atom stereocenters. The van der Waals surface area contributed by atoms with Crippen LogP contribution >= 0.6 is 0 Å².